The summed E-state index contributed by atoms with van der Waals surface area (Å²) in [6.07, 6.45) is 10.2. The molecule has 2 aromatic carbocycles. The Morgan fingerprint density at radius 1 is 0.560 bits per heavy atom. The van der Waals surface area contributed by atoms with Gasteiger partial charge < -0.3 is 0 Å². The van der Waals surface area contributed by atoms with Crippen molar-refractivity contribution in [3.05, 3.63) is 101 Å². The number of rotatable bonds is 8. The third-order valence-electron chi connectivity index (χ3n) is 13.3. The molecule has 2 aromatic rings. The second-order valence-electron chi connectivity index (χ2n) is 21.2. The molecule has 2 aliphatic carbocycles. The van der Waals surface area contributed by atoms with Crippen LogP contribution in [0.2, 0.25) is 8.26 Å². The maximum absolute atomic E-state index is 8.69. The van der Waals surface area contributed by atoms with Crippen LogP contribution in [0.1, 0.15) is 133 Å². The van der Waals surface area contributed by atoms with Crippen LogP contribution in [0.4, 0.5) is 0 Å². The van der Waals surface area contributed by atoms with Crippen molar-refractivity contribution < 1.29 is 20.9 Å². The average Bonchev–Trinajstić information content (AvgIpc) is 3.60. The molecular weight excluding hydrogens is 704 g/mol. The Balaban J connectivity index is 2.44. The molecule has 4 rings (SSSR count). The zero-order chi connectivity index (χ0) is 38.2. The van der Waals surface area contributed by atoms with Gasteiger partial charge >= 0.3 is 306 Å². The second kappa shape index (κ2) is 11.5. The summed E-state index contributed by atoms with van der Waals surface area (Å²) in [4.78, 5) is 0. The van der Waals surface area contributed by atoms with Crippen LogP contribution in [0.15, 0.2) is 78.4 Å². The minimum absolute atomic E-state index is 0.0285. The molecule has 0 saturated heterocycles. The molecule has 0 aromatic heterocycles. The van der Waals surface area contributed by atoms with Gasteiger partial charge in [-0.15, -0.1) is 0 Å². The minimum atomic E-state index is -6.71. The zero-order valence-corrected chi connectivity index (χ0v) is 39.2. The van der Waals surface area contributed by atoms with E-state index in [1.807, 2.05) is 0 Å². The van der Waals surface area contributed by atoms with Crippen LogP contribution in [0.5, 0.6) is 11.5 Å². The summed E-state index contributed by atoms with van der Waals surface area (Å²) in [5.74, 6) is 2.18. The molecule has 0 spiro atoms. The predicted molar refractivity (Wildman–Crippen MR) is 220 cm³/mol. The quantitative estimate of drug-likeness (QED) is 0.249. The van der Waals surface area contributed by atoms with Gasteiger partial charge in [-0.3, -0.25) is 0 Å². The van der Waals surface area contributed by atoms with E-state index in [-0.39, 0.29) is 33.5 Å². The fourth-order valence-corrected chi connectivity index (χ4v) is 41.2. The van der Waals surface area contributed by atoms with Gasteiger partial charge in [0.25, 0.3) is 0 Å². The van der Waals surface area contributed by atoms with Gasteiger partial charge in [-0.2, -0.15) is 0 Å². The molecule has 0 bridgehead atoms. The third-order valence-corrected chi connectivity index (χ3v) is 54.3. The number of hydrogen-bond acceptors (Lipinski definition) is 2. The van der Waals surface area contributed by atoms with Crippen LogP contribution >= 0.6 is 0 Å². The third kappa shape index (κ3) is 6.09. The van der Waals surface area contributed by atoms with Gasteiger partial charge in [-0.05, 0) is 0 Å². The van der Waals surface area contributed by atoms with E-state index in [9.17, 15) is 0 Å². The van der Waals surface area contributed by atoms with Crippen molar-refractivity contribution in [2.75, 3.05) is 0 Å². The Kier molecular flexibility index (Phi) is 9.44. The van der Waals surface area contributed by atoms with Crippen LogP contribution in [0.25, 0.3) is 0 Å². The van der Waals surface area contributed by atoms with Crippen LogP contribution in [-0.2, 0) is 26.1 Å². The summed E-state index contributed by atoms with van der Waals surface area (Å²) in [5, 5.41) is 0. The number of allylic oxidation sites excluding steroid dienone is 8. The molecule has 0 fully saturated rings. The molecule has 0 saturated carbocycles. The van der Waals surface area contributed by atoms with Gasteiger partial charge in [0.05, 0.1) is 0 Å². The Labute approximate surface area is 304 Å². The first-order valence-corrected chi connectivity index (χ1v) is 33.3. The van der Waals surface area contributed by atoms with E-state index in [1.165, 1.54) is 40.0 Å². The van der Waals surface area contributed by atoms with E-state index in [0.717, 1.165) is 19.8 Å². The predicted octanol–water partition coefficient (Wildman–Crippen LogP) is 13.4. The van der Waals surface area contributed by atoms with E-state index >= 15 is 0 Å². The van der Waals surface area contributed by atoms with Crippen molar-refractivity contribution in [3.63, 3.8) is 0 Å². The first-order valence-electron chi connectivity index (χ1n) is 19.4. The summed E-state index contributed by atoms with van der Waals surface area (Å²) >= 11 is -6.71. The number of benzene rings is 2. The van der Waals surface area contributed by atoms with E-state index in [4.69, 9.17) is 5.63 Å². The molecule has 4 heteroatoms. The molecule has 0 amide bonds. The summed E-state index contributed by atoms with van der Waals surface area (Å²) in [6, 6.07) is 13.7. The maximum atomic E-state index is 8.69. The van der Waals surface area contributed by atoms with E-state index < -0.39 is 15.3 Å². The van der Waals surface area contributed by atoms with Crippen LogP contribution in [-0.4, -0.2) is 6.88 Å². The topological polar surface area (TPSA) is 18.5 Å². The van der Waals surface area contributed by atoms with Gasteiger partial charge in [-0.1, -0.05) is 0 Å². The van der Waals surface area contributed by atoms with Gasteiger partial charge in [0.15, 0.2) is 0 Å². The molecule has 2 nitrogen and oxygen atoms in total. The van der Waals surface area contributed by atoms with E-state index in [0.29, 0.717) is 0 Å². The van der Waals surface area contributed by atoms with Gasteiger partial charge in [0, 0.05) is 0 Å². The summed E-state index contributed by atoms with van der Waals surface area (Å²) in [6.45, 7) is 44.2. The zero-order valence-electron chi connectivity index (χ0n) is 35.4. The molecular formula is C46H72O2SiZr. The molecule has 0 radical (unpaired) electrons. The van der Waals surface area contributed by atoms with Crippen molar-refractivity contribution >= 4 is 6.88 Å². The van der Waals surface area contributed by atoms with Crippen molar-refractivity contribution in [1.29, 1.82) is 0 Å². The molecule has 0 heterocycles. The fraction of sp³-hybridized carbons (Fsp3) is 0.565. The monoisotopic (exact) mass is 774 g/mol. The summed E-state index contributed by atoms with van der Waals surface area (Å²) in [7, 11) is 0. The van der Waals surface area contributed by atoms with Gasteiger partial charge in [0.1, 0.15) is 0 Å². The molecule has 50 heavy (non-hydrogen) atoms. The standard InChI is InChI=1S/2C11H16O.2C10H15.2C2H5.H2Si.Zr/c2*1-8-5-6-10(12)9(7-8)11(2,3)4;2*1-8-5-6-9(7-8)10(2,3)4;2*1-2;;/h2*5-7,12H,1-4H3;2*6-8H,1-4H3;2*1H2,2H3;1H2;/q;;;;;;;+2/p-2. The average molecular weight is 776 g/mol. The van der Waals surface area contributed by atoms with E-state index in [2.05, 4.69) is 192 Å². The SMILES string of the molecule is C[CH2][Zr](=[SiH2])([CH2]C)([O]c1ccc(C)cc1C(C)(C)C)([O]c1ccc(C)cc1C(C)(C)C)([C]1=CC(C(C)(C)C)=CC1C)[C]1=CC(C(C)(C)C)=CC1C. The second-order valence-corrected chi connectivity index (χ2v) is 58.2. The van der Waals surface area contributed by atoms with Crippen LogP contribution < -0.4 is 5.63 Å². The molecule has 2 aliphatic rings. The van der Waals surface area contributed by atoms with Crippen LogP contribution in [0.3, 0.4) is 0 Å². The van der Waals surface area contributed by atoms with Crippen molar-refractivity contribution in [1.82, 2.24) is 0 Å². The van der Waals surface area contributed by atoms with Gasteiger partial charge in [-0.25, -0.2) is 0 Å². The van der Waals surface area contributed by atoms with E-state index in [1.54, 1.807) is 0 Å². The molecule has 0 N–H and O–H groups in total. The number of aryl methyl sites for hydroxylation is 2. The van der Waals surface area contributed by atoms with Crippen LogP contribution in [0, 0.1) is 36.5 Å². The first-order chi connectivity index (χ1) is 22.4. The Bertz CT molecular complexity index is 1820. The summed E-state index contributed by atoms with van der Waals surface area (Å²) < 4.78 is 21.6. The Morgan fingerprint density at radius 3 is 1.12 bits per heavy atom. The Hall–Kier alpha value is -1.90. The molecule has 0 aliphatic heterocycles. The molecule has 2 unspecified atom stereocenters. The molecule has 276 valence electrons. The normalized spacial score (nSPS) is 21.3. The number of hydrogen-bond donors (Lipinski definition) is 0. The summed E-state index contributed by atoms with van der Waals surface area (Å²) in [5.41, 5.74) is 7.34. The first kappa shape index (κ1) is 40.9. The molecule has 2 atom stereocenters. The fourth-order valence-electron chi connectivity index (χ4n) is 9.60. The van der Waals surface area contributed by atoms with Crippen molar-refractivity contribution in [3.8, 4) is 11.5 Å². The van der Waals surface area contributed by atoms with Crippen molar-refractivity contribution in [2.24, 2.45) is 22.7 Å². The Morgan fingerprint density at radius 2 is 0.880 bits per heavy atom. The van der Waals surface area contributed by atoms with Crippen molar-refractivity contribution in [2.45, 2.75) is 144 Å². The van der Waals surface area contributed by atoms with Gasteiger partial charge in [0.2, 0.25) is 0 Å².